The minimum absolute atomic E-state index is 0.0492. The van der Waals surface area contributed by atoms with Crippen LogP contribution in [-0.2, 0) is 22.6 Å². The third kappa shape index (κ3) is 3.32. The maximum absolute atomic E-state index is 13.8. The molecule has 8 nitrogen and oxygen atoms in total. The molecule has 3 aromatic rings. The third-order valence-electron chi connectivity index (χ3n) is 3.73. The number of hydrogen-bond donors (Lipinski definition) is 1. The van der Waals surface area contributed by atoms with E-state index in [-0.39, 0.29) is 16.5 Å². The van der Waals surface area contributed by atoms with Crippen LogP contribution < -0.4 is 10.1 Å². The maximum Gasteiger partial charge on any atom is 0.251 e. The Kier molecular flexibility index (Phi) is 4.77. The van der Waals surface area contributed by atoms with Gasteiger partial charge in [0.15, 0.2) is 28.5 Å². The summed E-state index contributed by atoms with van der Waals surface area (Å²) >= 11 is 0. The highest BCUT2D eigenvalue weighted by Crippen LogP contribution is 2.24. The lowest BCUT2D eigenvalue weighted by atomic mass is 10.2. The average Bonchev–Trinajstić information content (AvgIpc) is 2.96. The Morgan fingerprint density at radius 1 is 1.31 bits per heavy atom. The number of benzene rings is 1. The second-order valence-corrected chi connectivity index (χ2v) is 7.52. The van der Waals surface area contributed by atoms with Gasteiger partial charge in [-0.2, -0.15) is 9.97 Å². The monoisotopic (exact) mass is 379 g/mol. The number of nitrogens with one attached hydrogen (secondary N) is 1. The van der Waals surface area contributed by atoms with Crippen molar-refractivity contribution < 1.29 is 17.5 Å². The van der Waals surface area contributed by atoms with Crippen molar-refractivity contribution in [3.63, 3.8) is 0 Å². The summed E-state index contributed by atoms with van der Waals surface area (Å²) in [5, 5.41) is 2.66. The molecule has 0 radical (unpaired) electrons. The number of ether oxygens (including phenoxy) is 1. The molecule has 0 amide bonds. The minimum atomic E-state index is -3.89. The van der Waals surface area contributed by atoms with Crippen LogP contribution in [0, 0.1) is 5.82 Å². The Hall–Kier alpha value is -2.75. The Morgan fingerprint density at radius 3 is 2.73 bits per heavy atom. The Balaban J connectivity index is 2.03. The molecule has 26 heavy (non-hydrogen) atoms. The zero-order valence-electron chi connectivity index (χ0n) is 14.5. The van der Waals surface area contributed by atoms with Crippen molar-refractivity contribution >= 4 is 26.8 Å². The van der Waals surface area contributed by atoms with E-state index >= 15 is 0 Å². The first kappa shape index (κ1) is 18.1. The topological polar surface area (TPSA) is 99.0 Å². The summed E-state index contributed by atoms with van der Waals surface area (Å²) in [6, 6.07) is 4.01. The van der Waals surface area contributed by atoms with Gasteiger partial charge in [0.25, 0.3) is 5.16 Å². The van der Waals surface area contributed by atoms with Gasteiger partial charge in [0.1, 0.15) is 0 Å². The van der Waals surface area contributed by atoms with Gasteiger partial charge >= 0.3 is 0 Å². The number of hydrogen-bond acceptors (Lipinski definition) is 7. The predicted octanol–water partition coefficient (Wildman–Crippen LogP) is 1.92. The first-order chi connectivity index (χ1) is 12.4. The Morgan fingerprint density at radius 2 is 2.08 bits per heavy atom. The van der Waals surface area contributed by atoms with Crippen molar-refractivity contribution in [2.24, 2.45) is 7.05 Å². The van der Waals surface area contributed by atoms with Crippen LogP contribution in [0.4, 0.5) is 10.2 Å². The van der Waals surface area contributed by atoms with E-state index < -0.39 is 21.4 Å². The largest absolute Gasteiger partial charge is 0.494 e. The Bertz CT molecular complexity index is 1070. The van der Waals surface area contributed by atoms with E-state index in [1.807, 2.05) is 6.92 Å². The maximum atomic E-state index is 13.8. The van der Waals surface area contributed by atoms with Crippen molar-refractivity contribution in [2.45, 2.75) is 17.8 Å². The number of sulfone groups is 1. The summed E-state index contributed by atoms with van der Waals surface area (Å²) in [5.74, 6) is -0.662. The molecule has 0 fully saturated rings. The number of rotatable bonds is 6. The van der Waals surface area contributed by atoms with Gasteiger partial charge in [0, 0.05) is 13.6 Å². The lowest BCUT2D eigenvalue weighted by Gasteiger charge is -2.09. The number of imidazole rings is 1. The van der Waals surface area contributed by atoms with Crippen molar-refractivity contribution in [3.8, 4) is 5.75 Å². The fourth-order valence-corrected chi connectivity index (χ4v) is 3.70. The molecule has 2 heterocycles. The zero-order valence-corrected chi connectivity index (χ0v) is 15.3. The summed E-state index contributed by atoms with van der Waals surface area (Å²) in [6.07, 6.45) is 1.54. The Labute approximate surface area is 150 Å². The van der Waals surface area contributed by atoms with Crippen LogP contribution in [0.2, 0.25) is 0 Å². The van der Waals surface area contributed by atoms with Crippen LogP contribution >= 0.6 is 0 Å². The average molecular weight is 379 g/mol. The summed E-state index contributed by atoms with van der Waals surface area (Å²) in [4.78, 5) is 12.5. The fraction of sp³-hybridized carbons (Fsp3) is 0.312. The second kappa shape index (κ2) is 6.87. The number of anilines is 1. The standard InChI is InChI=1S/C16H18FN5O3S/c1-4-18-14-13-15(22(2)9-19-13)21-16(20-14)26(23,24)8-10-5-6-12(25-3)11(17)7-10/h5-7,9H,4,8H2,1-3H3,(H,18,20,21). The molecule has 0 unspecified atom stereocenters. The number of aromatic nitrogens is 4. The van der Waals surface area contributed by atoms with Gasteiger partial charge in [0.2, 0.25) is 9.84 Å². The quantitative estimate of drug-likeness (QED) is 0.653. The van der Waals surface area contributed by atoms with Crippen molar-refractivity contribution in [1.82, 2.24) is 19.5 Å². The van der Waals surface area contributed by atoms with Gasteiger partial charge < -0.3 is 14.6 Å². The number of fused-ring (bicyclic) bond motifs is 1. The molecular formula is C16H18FN5O3S. The summed E-state index contributed by atoms with van der Waals surface area (Å²) in [6.45, 7) is 2.41. The van der Waals surface area contributed by atoms with E-state index in [4.69, 9.17) is 4.74 Å². The molecule has 0 atom stereocenters. The smallest absolute Gasteiger partial charge is 0.251 e. The molecule has 10 heteroatoms. The van der Waals surface area contributed by atoms with Crippen LogP contribution in [0.5, 0.6) is 5.75 Å². The highest BCUT2D eigenvalue weighted by Gasteiger charge is 2.23. The fourth-order valence-electron chi connectivity index (χ4n) is 2.50. The van der Waals surface area contributed by atoms with E-state index in [9.17, 15) is 12.8 Å². The first-order valence-electron chi connectivity index (χ1n) is 7.83. The van der Waals surface area contributed by atoms with Crippen molar-refractivity contribution in [1.29, 1.82) is 0 Å². The van der Waals surface area contributed by atoms with E-state index in [1.54, 1.807) is 11.6 Å². The summed E-state index contributed by atoms with van der Waals surface area (Å²) in [7, 11) is -0.831. The second-order valence-electron chi connectivity index (χ2n) is 5.64. The van der Waals surface area contributed by atoms with E-state index in [0.29, 0.717) is 23.5 Å². The molecule has 0 aliphatic carbocycles. The van der Waals surface area contributed by atoms with Crippen LogP contribution in [0.25, 0.3) is 11.2 Å². The van der Waals surface area contributed by atoms with Crippen LogP contribution in [-0.4, -0.2) is 41.6 Å². The van der Waals surface area contributed by atoms with Gasteiger partial charge in [-0.3, -0.25) is 0 Å². The molecule has 138 valence electrons. The lowest BCUT2D eigenvalue weighted by Crippen LogP contribution is -2.13. The molecule has 1 aromatic carbocycles. The molecule has 0 aliphatic rings. The van der Waals surface area contributed by atoms with E-state index in [1.165, 1.54) is 25.6 Å². The van der Waals surface area contributed by atoms with Crippen LogP contribution in [0.3, 0.4) is 0 Å². The molecule has 2 aromatic heterocycles. The van der Waals surface area contributed by atoms with Gasteiger partial charge in [-0.25, -0.2) is 17.8 Å². The van der Waals surface area contributed by atoms with Gasteiger partial charge in [-0.15, -0.1) is 0 Å². The normalized spacial score (nSPS) is 11.7. The summed E-state index contributed by atoms with van der Waals surface area (Å²) in [5.41, 5.74) is 1.17. The molecule has 0 aliphatic heterocycles. The van der Waals surface area contributed by atoms with Gasteiger partial charge in [-0.1, -0.05) is 6.07 Å². The predicted molar refractivity (Wildman–Crippen MR) is 94.3 cm³/mol. The minimum Gasteiger partial charge on any atom is -0.494 e. The number of methoxy groups -OCH3 is 1. The molecule has 1 N–H and O–H groups in total. The van der Waals surface area contributed by atoms with E-state index in [0.717, 1.165) is 6.07 Å². The molecule has 3 rings (SSSR count). The van der Waals surface area contributed by atoms with E-state index in [2.05, 4.69) is 20.3 Å². The highest BCUT2D eigenvalue weighted by atomic mass is 32.2. The van der Waals surface area contributed by atoms with Gasteiger partial charge in [-0.05, 0) is 24.6 Å². The van der Waals surface area contributed by atoms with Crippen molar-refractivity contribution in [3.05, 3.63) is 35.9 Å². The van der Waals surface area contributed by atoms with Gasteiger partial charge in [0.05, 0.1) is 19.2 Å². The first-order valence-corrected chi connectivity index (χ1v) is 9.49. The molecule has 0 bridgehead atoms. The molecule has 0 saturated heterocycles. The zero-order chi connectivity index (χ0) is 18.9. The molecular weight excluding hydrogens is 361 g/mol. The summed E-state index contributed by atoms with van der Waals surface area (Å²) < 4.78 is 45.8. The third-order valence-corrected chi connectivity index (χ3v) is 5.19. The molecule has 0 saturated carbocycles. The highest BCUT2D eigenvalue weighted by molar-refractivity contribution is 7.90. The number of halogens is 1. The SMILES string of the molecule is CCNc1nc(S(=O)(=O)Cc2ccc(OC)c(F)c2)nc2c1ncn2C. The molecule has 0 spiro atoms. The lowest BCUT2D eigenvalue weighted by molar-refractivity contribution is 0.386. The van der Waals surface area contributed by atoms with Crippen LogP contribution in [0.1, 0.15) is 12.5 Å². The van der Waals surface area contributed by atoms with Crippen molar-refractivity contribution in [2.75, 3.05) is 19.0 Å². The number of nitrogens with zero attached hydrogens (tertiary/aromatic N) is 4. The number of aryl methyl sites for hydroxylation is 1. The van der Waals surface area contributed by atoms with Crippen LogP contribution in [0.15, 0.2) is 29.7 Å².